The molecule has 1 unspecified atom stereocenters. The highest BCUT2D eigenvalue weighted by atomic mass is 19.1. The van der Waals surface area contributed by atoms with Gasteiger partial charge in [-0.15, -0.1) is 0 Å². The first-order chi connectivity index (χ1) is 15.6. The number of carbonyl (C=O) groups is 1. The third-order valence-electron chi connectivity index (χ3n) is 5.95. The Kier molecular flexibility index (Phi) is 5.39. The van der Waals surface area contributed by atoms with Gasteiger partial charge in [-0.05, 0) is 61.2 Å². The normalized spacial score (nSPS) is 16.4. The molecule has 5 rings (SSSR count). The van der Waals surface area contributed by atoms with E-state index in [0.717, 1.165) is 41.9 Å². The summed E-state index contributed by atoms with van der Waals surface area (Å²) in [4.78, 5) is 22.8. The van der Waals surface area contributed by atoms with Gasteiger partial charge in [-0.2, -0.15) is 0 Å². The van der Waals surface area contributed by atoms with Gasteiger partial charge in [0.05, 0.1) is 13.3 Å². The zero-order valence-corrected chi connectivity index (χ0v) is 17.8. The highest BCUT2D eigenvalue weighted by Gasteiger charge is 2.32. The zero-order chi connectivity index (χ0) is 22.1. The Balaban J connectivity index is 1.37. The molecular weight excluding hydrogens is 409 g/mol. The van der Waals surface area contributed by atoms with Crippen molar-refractivity contribution in [2.45, 2.75) is 31.7 Å². The molecule has 0 radical (unpaired) electrons. The summed E-state index contributed by atoms with van der Waals surface area (Å²) in [5.41, 5.74) is 2.25. The van der Waals surface area contributed by atoms with Gasteiger partial charge in [0.25, 0.3) is 5.91 Å². The molecule has 1 aliphatic heterocycles. The number of methoxy groups -OCH3 is 1. The van der Waals surface area contributed by atoms with Gasteiger partial charge in [-0.3, -0.25) is 4.79 Å². The summed E-state index contributed by atoms with van der Waals surface area (Å²) in [6.45, 7) is 0.626. The van der Waals surface area contributed by atoms with Crippen LogP contribution >= 0.6 is 0 Å². The first-order valence-corrected chi connectivity index (χ1v) is 10.8. The van der Waals surface area contributed by atoms with E-state index in [2.05, 4.69) is 9.97 Å². The van der Waals surface area contributed by atoms with Gasteiger partial charge < -0.3 is 19.0 Å². The molecule has 0 bridgehead atoms. The van der Waals surface area contributed by atoms with Crippen LogP contribution in [0.3, 0.4) is 0 Å². The molecule has 0 aliphatic carbocycles. The number of oxazole rings is 1. The minimum atomic E-state index is -0.324. The highest BCUT2D eigenvalue weighted by Crippen LogP contribution is 2.33. The smallest absolute Gasteiger partial charge is 0.270 e. The molecule has 4 aromatic rings. The second kappa shape index (κ2) is 8.49. The van der Waals surface area contributed by atoms with Crippen LogP contribution in [0.1, 0.15) is 53.0 Å². The van der Waals surface area contributed by atoms with E-state index in [9.17, 15) is 9.18 Å². The first-order valence-electron chi connectivity index (χ1n) is 10.8. The number of benzene rings is 2. The minimum absolute atomic E-state index is 0.126. The molecule has 2 aromatic heterocycles. The molecule has 1 aliphatic rings. The topological polar surface area (TPSA) is 71.4 Å². The van der Waals surface area contributed by atoms with Crippen LogP contribution in [0.25, 0.3) is 10.9 Å². The summed E-state index contributed by atoms with van der Waals surface area (Å²) in [7, 11) is 1.64. The van der Waals surface area contributed by atoms with Gasteiger partial charge in [-0.1, -0.05) is 12.1 Å². The number of likely N-dealkylation sites (tertiary alicyclic amines) is 1. The van der Waals surface area contributed by atoms with Gasteiger partial charge in [0.2, 0.25) is 5.89 Å². The summed E-state index contributed by atoms with van der Waals surface area (Å²) < 4.78 is 24.9. The predicted molar refractivity (Wildman–Crippen MR) is 118 cm³/mol. The van der Waals surface area contributed by atoms with E-state index in [1.807, 2.05) is 29.2 Å². The van der Waals surface area contributed by atoms with Crippen LogP contribution in [-0.2, 0) is 6.42 Å². The maximum Gasteiger partial charge on any atom is 0.270 e. The van der Waals surface area contributed by atoms with Gasteiger partial charge in [0.15, 0.2) is 0 Å². The number of halogens is 1. The summed E-state index contributed by atoms with van der Waals surface area (Å²) in [5.74, 6) is 1.64. The number of rotatable bonds is 5. The number of hydrogen-bond acceptors (Lipinski definition) is 4. The van der Waals surface area contributed by atoms with E-state index in [1.165, 1.54) is 12.1 Å². The molecule has 1 saturated heterocycles. The Labute approximate surface area is 185 Å². The zero-order valence-electron chi connectivity index (χ0n) is 17.8. The maximum atomic E-state index is 13.5. The fraction of sp³-hybridized carbons (Fsp3) is 0.280. The molecule has 1 amide bonds. The van der Waals surface area contributed by atoms with Crippen LogP contribution < -0.4 is 4.74 Å². The fourth-order valence-electron chi connectivity index (χ4n) is 4.35. The SMILES string of the molecule is COc1cccc(Cc2cnc(C3CCCCN3C(=O)c3cc4cc(F)ccc4[nH]3)o2)c1. The van der Waals surface area contributed by atoms with Crippen molar-refractivity contribution in [1.29, 1.82) is 0 Å². The Morgan fingerprint density at radius 1 is 1.25 bits per heavy atom. The lowest BCUT2D eigenvalue weighted by Gasteiger charge is -2.33. The quantitative estimate of drug-likeness (QED) is 0.466. The largest absolute Gasteiger partial charge is 0.497 e. The van der Waals surface area contributed by atoms with E-state index in [4.69, 9.17) is 9.15 Å². The molecule has 1 fully saturated rings. The van der Waals surface area contributed by atoms with Gasteiger partial charge in [-0.25, -0.2) is 9.37 Å². The fourth-order valence-corrected chi connectivity index (χ4v) is 4.35. The Morgan fingerprint density at radius 3 is 3.03 bits per heavy atom. The van der Waals surface area contributed by atoms with Gasteiger partial charge >= 0.3 is 0 Å². The Morgan fingerprint density at radius 2 is 2.16 bits per heavy atom. The molecule has 1 atom stereocenters. The lowest BCUT2D eigenvalue weighted by molar-refractivity contribution is 0.0565. The van der Waals surface area contributed by atoms with Crippen LogP contribution in [0.2, 0.25) is 0 Å². The van der Waals surface area contributed by atoms with Crippen LogP contribution in [0.4, 0.5) is 4.39 Å². The van der Waals surface area contributed by atoms with Crippen molar-refractivity contribution in [2.75, 3.05) is 13.7 Å². The van der Waals surface area contributed by atoms with Crippen LogP contribution in [0.5, 0.6) is 5.75 Å². The second-order valence-corrected chi connectivity index (χ2v) is 8.12. The highest BCUT2D eigenvalue weighted by molar-refractivity contribution is 5.98. The van der Waals surface area contributed by atoms with Crippen molar-refractivity contribution in [3.8, 4) is 5.75 Å². The molecule has 164 valence electrons. The summed E-state index contributed by atoms with van der Waals surface area (Å²) >= 11 is 0. The summed E-state index contributed by atoms with van der Waals surface area (Å²) in [6.07, 6.45) is 5.05. The number of fused-ring (bicyclic) bond motifs is 1. The number of carbonyl (C=O) groups excluding carboxylic acids is 1. The molecule has 2 aromatic carbocycles. The number of hydrogen-bond donors (Lipinski definition) is 1. The Bertz CT molecular complexity index is 1260. The lowest BCUT2D eigenvalue weighted by Crippen LogP contribution is -2.38. The maximum absolute atomic E-state index is 13.5. The molecule has 0 spiro atoms. The molecule has 7 heteroatoms. The van der Waals surface area contributed by atoms with E-state index >= 15 is 0 Å². The van der Waals surface area contributed by atoms with Crippen molar-refractivity contribution >= 4 is 16.8 Å². The lowest BCUT2D eigenvalue weighted by atomic mass is 10.0. The third kappa shape index (κ3) is 3.98. The monoisotopic (exact) mass is 433 g/mol. The van der Waals surface area contributed by atoms with E-state index in [0.29, 0.717) is 29.9 Å². The second-order valence-electron chi connectivity index (χ2n) is 8.12. The number of aromatic amines is 1. The number of H-pyrrole nitrogens is 1. The molecule has 0 saturated carbocycles. The number of piperidine rings is 1. The molecular formula is C25H24FN3O3. The minimum Gasteiger partial charge on any atom is -0.497 e. The van der Waals surface area contributed by atoms with Crippen molar-refractivity contribution < 1.29 is 18.3 Å². The molecule has 3 heterocycles. The molecule has 6 nitrogen and oxygen atoms in total. The predicted octanol–water partition coefficient (Wildman–Crippen LogP) is 5.26. The van der Waals surface area contributed by atoms with Crippen molar-refractivity contribution in [3.63, 3.8) is 0 Å². The molecule has 32 heavy (non-hydrogen) atoms. The number of amides is 1. The number of nitrogens with one attached hydrogen (secondary N) is 1. The standard InChI is InChI=1S/C25H24FN3O3/c1-31-19-6-4-5-16(11-19)12-20-15-27-24(32-20)23-7-2-3-10-29(23)25(30)22-14-17-13-18(26)8-9-21(17)28-22/h4-6,8-9,11,13-15,23,28H,2-3,7,10,12H2,1H3. The Hall–Kier alpha value is -3.61. The van der Waals surface area contributed by atoms with E-state index in [1.54, 1.807) is 25.4 Å². The number of ether oxygens (including phenoxy) is 1. The van der Waals surface area contributed by atoms with Crippen LogP contribution in [-0.4, -0.2) is 34.4 Å². The van der Waals surface area contributed by atoms with E-state index < -0.39 is 0 Å². The van der Waals surface area contributed by atoms with E-state index in [-0.39, 0.29) is 17.8 Å². The number of aromatic nitrogens is 2. The van der Waals surface area contributed by atoms with Crippen LogP contribution in [0.15, 0.2) is 59.1 Å². The third-order valence-corrected chi connectivity index (χ3v) is 5.95. The first kappa shape index (κ1) is 20.3. The average molecular weight is 433 g/mol. The van der Waals surface area contributed by atoms with Crippen molar-refractivity contribution in [1.82, 2.24) is 14.9 Å². The van der Waals surface area contributed by atoms with Gasteiger partial charge in [0.1, 0.15) is 29.1 Å². The summed E-state index contributed by atoms with van der Waals surface area (Å²) in [5, 5.41) is 0.679. The van der Waals surface area contributed by atoms with Crippen LogP contribution in [0, 0.1) is 5.82 Å². The number of nitrogens with zero attached hydrogens (tertiary/aromatic N) is 2. The molecule has 1 N–H and O–H groups in total. The van der Waals surface area contributed by atoms with Crippen molar-refractivity contribution in [2.24, 2.45) is 0 Å². The average Bonchev–Trinajstić information content (AvgIpc) is 3.45. The van der Waals surface area contributed by atoms with Gasteiger partial charge in [0, 0.05) is 23.9 Å². The van der Waals surface area contributed by atoms with Crippen molar-refractivity contribution in [3.05, 3.63) is 83.5 Å². The summed E-state index contributed by atoms with van der Waals surface area (Å²) in [6, 6.07) is 13.8.